The van der Waals surface area contributed by atoms with Crippen LogP contribution in [0.25, 0.3) is 0 Å². The lowest BCUT2D eigenvalue weighted by molar-refractivity contribution is 0.0949. The molecule has 0 fully saturated rings. The summed E-state index contributed by atoms with van der Waals surface area (Å²) >= 11 is 5.64. The van der Waals surface area contributed by atoms with Gasteiger partial charge in [0.05, 0.1) is 5.02 Å². The van der Waals surface area contributed by atoms with Crippen LogP contribution in [0.4, 0.5) is 4.39 Å². The summed E-state index contributed by atoms with van der Waals surface area (Å²) in [6.45, 7) is 4.47. The summed E-state index contributed by atoms with van der Waals surface area (Å²) < 4.78 is 13.5. The SMILES string of the molecule is CC1(C)CCc2[nH]c(=O)c(C(=O)NCc3ccc(Cl)c(F)c3)cc2C1. The number of aromatic amines is 1. The number of benzene rings is 1. The number of aromatic nitrogens is 1. The molecule has 0 aliphatic heterocycles. The summed E-state index contributed by atoms with van der Waals surface area (Å²) in [5, 5.41) is 2.69. The zero-order valence-corrected chi connectivity index (χ0v) is 15.0. The molecule has 25 heavy (non-hydrogen) atoms. The summed E-state index contributed by atoms with van der Waals surface area (Å²) in [4.78, 5) is 27.4. The van der Waals surface area contributed by atoms with Gasteiger partial charge in [-0.1, -0.05) is 31.5 Å². The lowest BCUT2D eigenvalue weighted by atomic mass is 9.76. The molecule has 6 heteroatoms. The molecule has 1 aliphatic rings. The maximum absolute atomic E-state index is 13.5. The van der Waals surface area contributed by atoms with Crippen molar-refractivity contribution < 1.29 is 9.18 Å². The van der Waals surface area contributed by atoms with E-state index in [4.69, 9.17) is 11.6 Å². The van der Waals surface area contributed by atoms with Gasteiger partial charge in [0.25, 0.3) is 11.5 Å². The zero-order chi connectivity index (χ0) is 18.2. The van der Waals surface area contributed by atoms with Gasteiger partial charge >= 0.3 is 0 Å². The van der Waals surface area contributed by atoms with Crippen molar-refractivity contribution in [3.63, 3.8) is 0 Å². The van der Waals surface area contributed by atoms with Crippen LogP contribution in [0.2, 0.25) is 5.02 Å². The minimum Gasteiger partial charge on any atom is -0.348 e. The van der Waals surface area contributed by atoms with Gasteiger partial charge in [0.1, 0.15) is 11.4 Å². The number of hydrogen-bond donors (Lipinski definition) is 2. The molecule has 132 valence electrons. The largest absolute Gasteiger partial charge is 0.348 e. The number of hydrogen-bond acceptors (Lipinski definition) is 2. The molecular formula is C19H20ClFN2O2. The minimum absolute atomic E-state index is 0.0313. The number of nitrogens with one attached hydrogen (secondary N) is 2. The first-order chi connectivity index (χ1) is 11.7. The molecule has 0 saturated heterocycles. The van der Waals surface area contributed by atoms with E-state index in [0.717, 1.165) is 30.5 Å². The van der Waals surface area contributed by atoms with Crippen LogP contribution in [0.15, 0.2) is 29.1 Å². The van der Waals surface area contributed by atoms with Crippen molar-refractivity contribution in [3.05, 3.63) is 67.8 Å². The maximum Gasteiger partial charge on any atom is 0.261 e. The first-order valence-corrected chi connectivity index (χ1v) is 8.60. The molecule has 1 heterocycles. The van der Waals surface area contributed by atoms with Crippen LogP contribution in [0.5, 0.6) is 0 Å². The Balaban J connectivity index is 1.78. The Labute approximate surface area is 150 Å². The third-order valence-corrected chi connectivity index (χ3v) is 4.92. The van der Waals surface area contributed by atoms with E-state index in [9.17, 15) is 14.0 Å². The van der Waals surface area contributed by atoms with E-state index in [-0.39, 0.29) is 22.5 Å². The molecule has 1 amide bonds. The maximum atomic E-state index is 13.5. The fraction of sp³-hybridized carbons (Fsp3) is 0.368. The van der Waals surface area contributed by atoms with Gasteiger partial charge in [-0.05, 0) is 54.0 Å². The van der Waals surface area contributed by atoms with E-state index in [0.29, 0.717) is 5.56 Å². The van der Waals surface area contributed by atoms with E-state index in [2.05, 4.69) is 24.1 Å². The van der Waals surface area contributed by atoms with Crippen LogP contribution < -0.4 is 10.9 Å². The number of fused-ring (bicyclic) bond motifs is 1. The van der Waals surface area contributed by atoms with E-state index < -0.39 is 17.3 Å². The molecule has 4 nitrogen and oxygen atoms in total. The molecule has 1 aliphatic carbocycles. The van der Waals surface area contributed by atoms with Gasteiger partial charge in [0, 0.05) is 12.2 Å². The lowest BCUT2D eigenvalue weighted by Gasteiger charge is -2.31. The fourth-order valence-electron chi connectivity index (χ4n) is 3.16. The number of aryl methyl sites for hydroxylation is 1. The lowest BCUT2D eigenvalue weighted by Crippen LogP contribution is -2.32. The van der Waals surface area contributed by atoms with Crippen LogP contribution in [-0.2, 0) is 19.4 Å². The first-order valence-electron chi connectivity index (χ1n) is 8.22. The summed E-state index contributed by atoms with van der Waals surface area (Å²) in [5.74, 6) is -1.01. The van der Waals surface area contributed by atoms with Crippen molar-refractivity contribution in [2.45, 2.75) is 39.7 Å². The smallest absolute Gasteiger partial charge is 0.261 e. The van der Waals surface area contributed by atoms with E-state index in [1.165, 1.54) is 12.1 Å². The van der Waals surface area contributed by atoms with Crippen molar-refractivity contribution in [2.24, 2.45) is 5.41 Å². The van der Waals surface area contributed by atoms with E-state index in [1.807, 2.05) is 0 Å². The van der Waals surface area contributed by atoms with Gasteiger partial charge in [0.2, 0.25) is 0 Å². The third-order valence-electron chi connectivity index (χ3n) is 4.62. The molecule has 2 aromatic rings. The topological polar surface area (TPSA) is 62.0 Å². The molecule has 0 radical (unpaired) electrons. The fourth-order valence-corrected chi connectivity index (χ4v) is 3.27. The number of carbonyl (C=O) groups is 1. The van der Waals surface area contributed by atoms with Crippen molar-refractivity contribution in [3.8, 4) is 0 Å². The quantitative estimate of drug-likeness (QED) is 0.876. The predicted molar refractivity (Wildman–Crippen MR) is 95.4 cm³/mol. The average molecular weight is 363 g/mol. The van der Waals surface area contributed by atoms with Crippen LogP contribution >= 0.6 is 11.6 Å². The second-order valence-electron chi connectivity index (χ2n) is 7.29. The van der Waals surface area contributed by atoms with Gasteiger partial charge in [-0.15, -0.1) is 0 Å². The molecule has 0 bridgehead atoms. The number of amides is 1. The Morgan fingerprint density at radius 3 is 2.84 bits per heavy atom. The van der Waals surface area contributed by atoms with Crippen molar-refractivity contribution >= 4 is 17.5 Å². The highest BCUT2D eigenvalue weighted by molar-refractivity contribution is 6.30. The second kappa shape index (κ2) is 6.64. The molecule has 0 saturated carbocycles. The average Bonchev–Trinajstić information content (AvgIpc) is 2.55. The number of halogens is 2. The number of carbonyl (C=O) groups excluding carboxylic acids is 1. The predicted octanol–water partition coefficient (Wildman–Crippen LogP) is 3.61. The second-order valence-corrected chi connectivity index (χ2v) is 7.70. The summed E-state index contributed by atoms with van der Waals surface area (Å²) in [6, 6.07) is 6.02. The molecule has 0 unspecified atom stereocenters. The Morgan fingerprint density at radius 2 is 2.12 bits per heavy atom. The molecule has 1 aromatic heterocycles. The molecule has 2 N–H and O–H groups in total. The van der Waals surface area contributed by atoms with Crippen LogP contribution in [0, 0.1) is 11.2 Å². The Bertz CT molecular complexity index is 889. The normalized spacial score (nSPS) is 15.5. The highest BCUT2D eigenvalue weighted by atomic mass is 35.5. The molecule has 0 atom stereocenters. The number of rotatable bonds is 3. The van der Waals surface area contributed by atoms with Crippen LogP contribution in [0.1, 0.15) is 47.4 Å². The van der Waals surface area contributed by atoms with E-state index >= 15 is 0 Å². The van der Waals surface area contributed by atoms with Crippen LogP contribution in [-0.4, -0.2) is 10.9 Å². The Kier molecular flexibility index (Phi) is 4.69. The summed E-state index contributed by atoms with van der Waals surface area (Å²) in [5.41, 5.74) is 2.36. The van der Waals surface area contributed by atoms with Gasteiger partial charge in [-0.25, -0.2) is 4.39 Å². The molecule has 3 rings (SSSR count). The number of H-pyrrole nitrogens is 1. The van der Waals surface area contributed by atoms with Crippen molar-refractivity contribution in [1.29, 1.82) is 0 Å². The summed E-state index contributed by atoms with van der Waals surface area (Å²) in [7, 11) is 0. The minimum atomic E-state index is -0.540. The first kappa shape index (κ1) is 17.7. The number of pyridine rings is 1. The van der Waals surface area contributed by atoms with E-state index in [1.54, 1.807) is 12.1 Å². The monoisotopic (exact) mass is 362 g/mol. The zero-order valence-electron chi connectivity index (χ0n) is 14.2. The highest BCUT2D eigenvalue weighted by Crippen LogP contribution is 2.33. The summed E-state index contributed by atoms with van der Waals surface area (Å²) in [6.07, 6.45) is 2.63. The highest BCUT2D eigenvalue weighted by Gasteiger charge is 2.27. The molecule has 0 spiro atoms. The van der Waals surface area contributed by atoms with Gasteiger partial charge in [0.15, 0.2) is 0 Å². The Hall–Kier alpha value is -2.14. The van der Waals surface area contributed by atoms with Gasteiger partial charge < -0.3 is 10.3 Å². The van der Waals surface area contributed by atoms with Gasteiger partial charge in [-0.2, -0.15) is 0 Å². The molecular weight excluding hydrogens is 343 g/mol. The van der Waals surface area contributed by atoms with Gasteiger partial charge in [-0.3, -0.25) is 9.59 Å². The molecule has 1 aromatic carbocycles. The van der Waals surface area contributed by atoms with Crippen molar-refractivity contribution in [1.82, 2.24) is 10.3 Å². The Morgan fingerprint density at radius 1 is 1.36 bits per heavy atom. The standard InChI is InChI=1S/C19H20ClFN2O2/c1-19(2)6-5-16-12(9-19)8-13(18(25)23-16)17(24)22-10-11-3-4-14(20)15(21)7-11/h3-4,7-8H,5-6,9-10H2,1-2H3,(H,22,24)(H,23,25). The van der Waals surface area contributed by atoms with Crippen LogP contribution in [0.3, 0.4) is 0 Å². The third kappa shape index (κ3) is 3.93. The van der Waals surface area contributed by atoms with Crippen molar-refractivity contribution in [2.75, 3.05) is 0 Å².